The molecule has 0 amide bonds. The average molecular weight is 697 g/mol. The van der Waals surface area contributed by atoms with Crippen molar-refractivity contribution in [3.63, 3.8) is 0 Å². The number of thiophene rings is 1. The molecule has 0 N–H and O–H groups in total. The normalized spacial score (nSPS) is 19.1. The first-order valence-electron chi connectivity index (χ1n) is 27.8. The van der Waals surface area contributed by atoms with Crippen molar-refractivity contribution in [2.45, 2.75) is 0 Å². The van der Waals surface area contributed by atoms with Gasteiger partial charge in [-0.15, -0.1) is 11.3 Å². The fourth-order valence-corrected chi connectivity index (χ4v) is 6.94. The minimum Gasteiger partial charge on any atom is -0.456 e. The quantitative estimate of drug-likeness (QED) is 0.184. The van der Waals surface area contributed by atoms with E-state index in [2.05, 4.69) is 15.0 Å². The SMILES string of the molecule is [2H]c1c([2H])c([2H])c(-c2nc(-c3c([2H])c([2H])c4c(oc5c([2H])c([2H])c([2H])c(-c6c([2H])c([2H])c([2H])c([2H])c6[2H])c54)c3[2H])nc(-n3c4c([2H])c([2H])c([2H])c([2H])c4c4c([2H])c([2H])c5sc6c([2H])c([2H])c([2H])c([2H])c6c5c43)n2)c([2H])c1[2H]. The van der Waals surface area contributed by atoms with Gasteiger partial charge in [0, 0.05) is 52.8 Å². The number of furan rings is 1. The van der Waals surface area contributed by atoms with Crippen molar-refractivity contribution in [1.82, 2.24) is 19.5 Å². The first kappa shape index (κ1) is 12.9. The Morgan fingerprint density at radius 3 is 2.04 bits per heavy atom. The van der Waals surface area contributed by atoms with Crippen LogP contribution in [0.15, 0.2) is 162 Å². The van der Waals surface area contributed by atoms with Crippen LogP contribution in [-0.4, -0.2) is 19.5 Å². The van der Waals surface area contributed by atoms with E-state index >= 15 is 0 Å². The highest BCUT2D eigenvalue weighted by molar-refractivity contribution is 7.26. The molecule has 51 heavy (non-hydrogen) atoms. The molecule has 5 nitrogen and oxygen atoms in total. The zero-order chi connectivity index (χ0) is 56.1. The molecule has 11 aromatic rings. The number of fused-ring (bicyclic) bond motifs is 10. The molecule has 0 fully saturated rings. The summed E-state index contributed by atoms with van der Waals surface area (Å²) in [5.41, 5.74) is -4.79. The number of nitrogens with zero attached hydrogens (tertiary/aromatic N) is 4. The first-order chi connectivity index (χ1) is 36.1. The molecule has 0 aliphatic rings. The van der Waals surface area contributed by atoms with E-state index in [1.807, 2.05) is 0 Å². The van der Waals surface area contributed by atoms with E-state index in [1.165, 1.54) is 0 Å². The molecule has 0 saturated heterocycles. The summed E-state index contributed by atoms with van der Waals surface area (Å²) in [6.07, 6.45) is 0. The summed E-state index contributed by atoms with van der Waals surface area (Å²) in [4.78, 5) is 13.6. The summed E-state index contributed by atoms with van der Waals surface area (Å²) in [6, 6.07) is -20.7. The van der Waals surface area contributed by atoms with Crippen LogP contribution in [0.4, 0.5) is 0 Å². The van der Waals surface area contributed by atoms with Gasteiger partial charge in [0.05, 0.1) is 46.7 Å². The minimum atomic E-state index is -0.951. The molecule has 0 atom stereocenters. The third kappa shape index (κ3) is 4.30. The smallest absolute Gasteiger partial charge is 0.238 e. The Hall–Kier alpha value is -6.63. The molecule has 238 valence electrons. The summed E-state index contributed by atoms with van der Waals surface area (Å²) in [6.45, 7) is 0. The van der Waals surface area contributed by atoms with Gasteiger partial charge in [-0.3, -0.25) is 4.57 Å². The van der Waals surface area contributed by atoms with Crippen molar-refractivity contribution < 1.29 is 40.1 Å². The Bertz CT molecular complexity index is 4610. The van der Waals surface area contributed by atoms with Crippen molar-refractivity contribution in [3.8, 4) is 39.9 Å². The summed E-state index contributed by atoms with van der Waals surface area (Å²) in [5.74, 6) is -2.42. The fourth-order valence-electron chi connectivity index (χ4n) is 5.98. The maximum absolute atomic E-state index is 9.67. The standard InChI is InChI=1S/C45H26N4OS/c1-3-12-27(13-4-1)30-18-11-20-36-40(30)33-23-22-29(26-37(33)50-36)44-46-43(28-14-5-2-6-15-28)47-45(48-44)49-35-19-9-7-16-31(35)32-24-25-39-41(42(32)49)34-17-8-10-21-38(34)51-39/h1-26H/i1D,2D,3D,4D,5D,6D,7D,8D,9D,10D,11D,12D,13D,14D,15D,16D,17D,18D,19D,20D,21D,22D,23D,24D,25D,26D. The van der Waals surface area contributed by atoms with Gasteiger partial charge < -0.3 is 4.42 Å². The van der Waals surface area contributed by atoms with Gasteiger partial charge in [0.25, 0.3) is 0 Å². The van der Waals surface area contributed by atoms with Crippen LogP contribution >= 0.6 is 11.3 Å². The van der Waals surface area contributed by atoms with Gasteiger partial charge >= 0.3 is 0 Å². The summed E-state index contributed by atoms with van der Waals surface area (Å²) < 4.78 is 237. The molecule has 4 aromatic heterocycles. The Morgan fingerprint density at radius 2 is 1.20 bits per heavy atom. The number of rotatable bonds is 4. The van der Waals surface area contributed by atoms with E-state index in [0.717, 1.165) is 4.57 Å². The third-order valence-corrected chi connectivity index (χ3v) is 9.09. The Labute approximate surface area is 332 Å². The predicted molar refractivity (Wildman–Crippen MR) is 211 cm³/mol. The second-order valence-corrected chi connectivity index (χ2v) is 11.9. The molecule has 7 aromatic carbocycles. The lowest BCUT2D eigenvalue weighted by Gasteiger charge is -2.11. The van der Waals surface area contributed by atoms with E-state index in [-0.39, 0.29) is 31.1 Å². The maximum atomic E-state index is 9.67. The number of aromatic nitrogens is 4. The van der Waals surface area contributed by atoms with Gasteiger partial charge in [0.1, 0.15) is 11.2 Å². The van der Waals surface area contributed by atoms with Crippen molar-refractivity contribution in [2.75, 3.05) is 0 Å². The van der Waals surface area contributed by atoms with Gasteiger partial charge in [-0.2, -0.15) is 9.97 Å². The van der Waals surface area contributed by atoms with E-state index in [0.29, 0.717) is 11.3 Å². The first-order valence-corrected chi connectivity index (χ1v) is 15.6. The van der Waals surface area contributed by atoms with Crippen LogP contribution in [0.1, 0.15) is 35.6 Å². The third-order valence-electron chi connectivity index (χ3n) is 8.07. The van der Waals surface area contributed by atoms with E-state index in [9.17, 15) is 9.60 Å². The van der Waals surface area contributed by atoms with Crippen molar-refractivity contribution >= 4 is 75.3 Å². The molecule has 11 rings (SSSR count). The van der Waals surface area contributed by atoms with Crippen LogP contribution in [-0.2, 0) is 0 Å². The van der Waals surface area contributed by atoms with Crippen LogP contribution < -0.4 is 0 Å². The second-order valence-electron chi connectivity index (χ2n) is 10.8. The van der Waals surface area contributed by atoms with E-state index < -0.39 is 230 Å². The van der Waals surface area contributed by atoms with Gasteiger partial charge in [-0.25, -0.2) is 4.98 Å². The fraction of sp³-hybridized carbons (Fsp3) is 0. The second kappa shape index (κ2) is 10.9. The number of hydrogen-bond donors (Lipinski definition) is 0. The van der Waals surface area contributed by atoms with Gasteiger partial charge in [0.15, 0.2) is 11.6 Å². The number of hydrogen-bond acceptors (Lipinski definition) is 5. The van der Waals surface area contributed by atoms with Gasteiger partial charge in [0.2, 0.25) is 5.95 Å². The van der Waals surface area contributed by atoms with Crippen molar-refractivity contribution in [2.24, 2.45) is 0 Å². The van der Waals surface area contributed by atoms with E-state index in [4.69, 9.17) is 30.5 Å². The van der Waals surface area contributed by atoms with Gasteiger partial charge in [-0.1, -0.05) is 121 Å². The zero-order valence-electron chi connectivity index (χ0n) is 51.1. The maximum Gasteiger partial charge on any atom is 0.238 e. The van der Waals surface area contributed by atoms with Crippen LogP contribution in [0.3, 0.4) is 0 Å². The minimum absolute atomic E-state index is 0.0978. The van der Waals surface area contributed by atoms with Crippen LogP contribution in [0.2, 0.25) is 0 Å². The molecule has 0 radical (unpaired) electrons. The lowest BCUT2D eigenvalue weighted by molar-refractivity contribution is 0.669. The number of para-hydroxylation sites is 1. The zero-order valence-corrected chi connectivity index (χ0v) is 25.9. The highest BCUT2D eigenvalue weighted by Crippen LogP contribution is 2.43. The van der Waals surface area contributed by atoms with Crippen molar-refractivity contribution in [1.29, 1.82) is 0 Å². The Kier molecular flexibility index (Phi) is 2.77. The molecule has 0 aliphatic heterocycles. The van der Waals surface area contributed by atoms with Crippen molar-refractivity contribution in [3.05, 3.63) is 157 Å². The molecule has 0 saturated carbocycles. The molecule has 0 spiro atoms. The summed E-state index contributed by atoms with van der Waals surface area (Å²) in [7, 11) is 0. The van der Waals surface area contributed by atoms with E-state index in [1.54, 1.807) is 0 Å². The molecular weight excluding hydrogens is 645 g/mol. The lowest BCUT2D eigenvalue weighted by atomic mass is 9.99. The highest BCUT2D eigenvalue weighted by Gasteiger charge is 2.22. The number of benzene rings is 7. The molecule has 6 heteroatoms. The lowest BCUT2D eigenvalue weighted by Crippen LogP contribution is -2.06. The Morgan fingerprint density at radius 1 is 0.490 bits per heavy atom. The Balaban J connectivity index is 1.36. The van der Waals surface area contributed by atoms with Gasteiger partial charge in [-0.05, 0) is 47.4 Å². The summed E-state index contributed by atoms with van der Waals surface area (Å²) in [5, 5.41) is -2.15. The van der Waals surface area contributed by atoms with Crippen LogP contribution in [0, 0.1) is 0 Å². The van der Waals surface area contributed by atoms with Crippen LogP contribution in [0.5, 0.6) is 0 Å². The summed E-state index contributed by atoms with van der Waals surface area (Å²) >= 11 is 0.705. The molecule has 0 aliphatic carbocycles. The molecule has 4 heterocycles. The molecule has 0 unspecified atom stereocenters. The topological polar surface area (TPSA) is 56.7 Å². The monoisotopic (exact) mass is 696 g/mol. The largest absolute Gasteiger partial charge is 0.456 e. The molecular formula is C45H26N4OS. The predicted octanol–water partition coefficient (Wildman–Crippen LogP) is 12.2. The molecule has 0 bridgehead atoms. The average Bonchev–Trinajstić information content (AvgIpc) is 4.21. The highest BCUT2D eigenvalue weighted by atomic mass is 32.1. The van der Waals surface area contributed by atoms with Crippen LogP contribution in [0.25, 0.3) is 104 Å².